The first-order valence-electron chi connectivity index (χ1n) is 6.55. The molecule has 0 radical (unpaired) electrons. The van der Waals surface area contributed by atoms with E-state index in [1.807, 2.05) is 0 Å². The van der Waals surface area contributed by atoms with Crippen LogP contribution < -0.4 is 5.73 Å². The van der Waals surface area contributed by atoms with Crippen LogP contribution in [0.1, 0.15) is 49.4 Å². The van der Waals surface area contributed by atoms with E-state index >= 15 is 0 Å². The lowest BCUT2D eigenvalue weighted by Gasteiger charge is -2.18. The highest BCUT2D eigenvalue weighted by Gasteiger charge is 2.18. The molecule has 3 N–H and O–H groups in total. The van der Waals surface area contributed by atoms with Gasteiger partial charge < -0.3 is 10.7 Å². The number of hydrogen-bond donors (Lipinski definition) is 2. The smallest absolute Gasteiger partial charge is 0.110 e. The van der Waals surface area contributed by atoms with Crippen LogP contribution in [0.25, 0.3) is 11.0 Å². The first-order valence-corrected chi connectivity index (χ1v) is 6.55. The van der Waals surface area contributed by atoms with Gasteiger partial charge in [0, 0.05) is 12.5 Å². The summed E-state index contributed by atoms with van der Waals surface area (Å²) in [4.78, 5) is 8.19. The Kier molecular flexibility index (Phi) is 2.85. The third-order valence-corrected chi connectivity index (χ3v) is 3.79. The van der Waals surface area contributed by atoms with Gasteiger partial charge in [0.2, 0.25) is 0 Å². The summed E-state index contributed by atoms with van der Waals surface area (Å²) in [6.45, 7) is 0.591. The zero-order chi connectivity index (χ0) is 11.7. The molecule has 0 spiro atoms. The van der Waals surface area contributed by atoms with Crippen molar-refractivity contribution < 1.29 is 0 Å². The molecular formula is C14H19N3. The Morgan fingerprint density at radius 3 is 2.82 bits per heavy atom. The van der Waals surface area contributed by atoms with Crippen molar-refractivity contribution in [3.63, 3.8) is 0 Å². The highest BCUT2D eigenvalue weighted by Crippen LogP contribution is 2.32. The number of hydrogen-bond acceptors (Lipinski definition) is 2. The molecule has 1 heterocycles. The van der Waals surface area contributed by atoms with Crippen molar-refractivity contribution in [3.05, 3.63) is 29.6 Å². The van der Waals surface area contributed by atoms with Crippen LogP contribution in [-0.2, 0) is 6.54 Å². The Hall–Kier alpha value is -1.35. The second-order valence-corrected chi connectivity index (χ2v) is 5.01. The Morgan fingerprint density at radius 2 is 2.06 bits per heavy atom. The third-order valence-electron chi connectivity index (χ3n) is 3.79. The SMILES string of the molecule is NCc1ccc2nc(C3CCCCC3)[nH]c2c1. The maximum absolute atomic E-state index is 5.66. The number of nitrogens with zero attached hydrogens (tertiary/aromatic N) is 1. The molecule has 90 valence electrons. The Morgan fingerprint density at radius 1 is 1.24 bits per heavy atom. The standard InChI is InChI=1S/C14H19N3/c15-9-10-6-7-12-13(8-10)17-14(16-12)11-4-2-1-3-5-11/h6-8,11H,1-5,9,15H2,(H,16,17). The number of nitrogens with two attached hydrogens (primary N) is 1. The van der Waals surface area contributed by atoms with Crippen LogP contribution in [-0.4, -0.2) is 9.97 Å². The molecule has 0 amide bonds. The topological polar surface area (TPSA) is 54.7 Å². The molecule has 1 aromatic carbocycles. The first-order chi connectivity index (χ1) is 8.36. The van der Waals surface area contributed by atoms with Gasteiger partial charge in [0.25, 0.3) is 0 Å². The number of aromatic amines is 1. The number of rotatable bonds is 2. The maximum atomic E-state index is 5.66. The van der Waals surface area contributed by atoms with Gasteiger partial charge in [-0.3, -0.25) is 0 Å². The van der Waals surface area contributed by atoms with Gasteiger partial charge in [0.15, 0.2) is 0 Å². The highest BCUT2D eigenvalue weighted by molar-refractivity contribution is 5.76. The molecule has 1 aliphatic rings. The normalized spacial score (nSPS) is 17.7. The van der Waals surface area contributed by atoms with Gasteiger partial charge in [-0.25, -0.2) is 4.98 Å². The van der Waals surface area contributed by atoms with Crippen LogP contribution >= 0.6 is 0 Å². The fraction of sp³-hybridized carbons (Fsp3) is 0.500. The molecule has 1 fully saturated rings. The third kappa shape index (κ3) is 2.07. The van der Waals surface area contributed by atoms with E-state index < -0.39 is 0 Å². The Bertz CT molecular complexity index is 509. The molecule has 0 bridgehead atoms. The molecule has 3 nitrogen and oxygen atoms in total. The van der Waals surface area contributed by atoms with Crippen LogP contribution in [0.5, 0.6) is 0 Å². The van der Waals surface area contributed by atoms with E-state index in [4.69, 9.17) is 10.7 Å². The molecule has 0 atom stereocenters. The number of fused-ring (bicyclic) bond motifs is 1. The molecule has 1 aromatic heterocycles. The predicted octanol–water partition coefficient (Wildman–Crippen LogP) is 3.07. The molecule has 0 saturated heterocycles. The van der Waals surface area contributed by atoms with Gasteiger partial charge in [-0.2, -0.15) is 0 Å². The van der Waals surface area contributed by atoms with Crippen LogP contribution in [0, 0.1) is 0 Å². The fourth-order valence-electron chi connectivity index (χ4n) is 2.77. The van der Waals surface area contributed by atoms with E-state index in [9.17, 15) is 0 Å². The van der Waals surface area contributed by atoms with E-state index in [2.05, 4.69) is 23.2 Å². The molecule has 1 aliphatic carbocycles. The number of nitrogens with one attached hydrogen (secondary N) is 1. The summed E-state index contributed by atoms with van der Waals surface area (Å²) in [6.07, 6.45) is 6.63. The Balaban J connectivity index is 1.95. The number of aromatic nitrogens is 2. The van der Waals surface area contributed by atoms with E-state index in [0.29, 0.717) is 12.5 Å². The minimum Gasteiger partial charge on any atom is -0.342 e. The lowest BCUT2D eigenvalue weighted by atomic mass is 9.89. The summed E-state index contributed by atoms with van der Waals surface area (Å²) < 4.78 is 0. The van der Waals surface area contributed by atoms with E-state index in [1.54, 1.807) is 0 Å². The first kappa shape index (κ1) is 10.8. The average Bonchev–Trinajstić information content (AvgIpc) is 2.82. The lowest BCUT2D eigenvalue weighted by molar-refractivity contribution is 0.431. The molecule has 0 unspecified atom stereocenters. The van der Waals surface area contributed by atoms with Crippen LogP contribution in [0.4, 0.5) is 0 Å². The number of H-pyrrole nitrogens is 1. The van der Waals surface area contributed by atoms with Crippen molar-refractivity contribution in [2.75, 3.05) is 0 Å². The fourth-order valence-corrected chi connectivity index (χ4v) is 2.77. The van der Waals surface area contributed by atoms with E-state index in [1.165, 1.54) is 37.9 Å². The molecule has 17 heavy (non-hydrogen) atoms. The quantitative estimate of drug-likeness (QED) is 0.831. The summed E-state index contributed by atoms with van der Waals surface area (Å²) in [7, 11) is 0. The van der Waals surface area contributed by atoms with Crippen molar-refractivity contribution in [1.82, 2.24) is 9.97 Å². The van der Waals surface area contributed by atoms with Crippen molar-refractivity contribution in [3.8, 4) is 0 Å². The zero-order valence-corrected chi connectivity index (χ0v) is 10.1. The van der Waals surface area contributed by atoms with Gasteiger partial charge in [-0.15, -0.1) is 0 Å². The zero-order valence-electron chi connectivity index (χ0n) is 10.1. The monoisotopic (exact) mass is 229 g/mol. The van der Waals surface area contributed by atoms with Gasteiger partial charge in [-0.05, 0) is 30.5 Å². The molecule has 3 heteroatoms. The summed E-state index contributed by atoms with van der Waals surface area (Å²) in [5.41, 5.74) is 9.02. The number of benzene rings is 1. The molecule has 1 saturated carbocycles. The lowest BCUT2D eigenvalue weighted by Crippen LogP contribution is -2.05. The van der Waals surface area contributed by atoms with Gasteiger partial charge in [0.05, 0.1) is 11.0 Å². The van der Waals surface area contributed by atoms with Crippen LogP contribution in [0.15, 0.2) is 18.2 Å². The van der Waals surface area contributed by atoms with Crippen molar-refractivity contribution in [2.24, 2.45) is 5.73 Å². The minimum atomic E-state index is 0.591. The van der Waals surface area contributed by atoms with Crippen LogP contribution in [0.2, 0.25) is 0 Å². The van der Waals surface area contributed by atoms with Crippen LogP contribution in [0.3, 0.4) is 0 Å². The maximum Gasteiger partial charge on any atom is 0.110 e. The second-order valence-electron chi connectivity index (χ2n) is 5.01. The average molecular weight is 229 g/mol. The minimum absolute atomic E-state index is 0.591. The molecular weight excluding hydrogens is 210 g/mol. The molecule has 2 aromatic rings. The second kappa shape index (κ2) is 4.49. The van der Waals surface area contributed by atoms with Crippen molar-refractivity contribution >= 4 is 11.0 Å². The van der Waals surface area contributed by atoms with E-state index in [-0.39, 0.29) is 0 Å². The van der Waals surface area contributed by atoms with Crippen molar-refractivity contribution in [1.29, 1.82) is 0 Å². The summed E-state index contributed by atoms with van der Waals surface area (Å²) in [5.74, 6) is 1.81. The number of imidazole rings is 1. The highest BCUT2D eigenvalue weighted by atomic mass is 14.9. The van der Waals surface area contributed by atoms with E-state index in [0.717, 1.165) is 16.6 Å². The summed E-state index contributed by atoms with van der Waals surface area (Å²) >= 11 is 0. The van der Waals surface area contributed by atoms with Gasteiger partial charge in [-0.1, -0.05) is 25.3 Å². The molecule has 0 aliphatic heterocycles. The molecule has 3 rings (SSSR count). The summed E-state index contributed by atoms with van der Waals surface area (Å²) in [6, 6.07) is 6.25. The van der Waals surface area contributed by atoms with Gasteiger partial charge in [0.1, 0.15) is 5.82 Å². The predicted molar refractivity (Wildman–Crippen MR) is 69.8 cm³/mol. The van der Waals surface area contributed by atoms with Gasteiger partial charge >= 0.3 is 0 Å². The summed E-state index contributed by atoms with van der Waals surface area (Å²) in [5, 5.41) is 0. The largest absolute Gasteiger partial charge is 0.342 e. The Labute approximate surface area is 101 Å². The van der Waals surface area contributed by atoms with Crippen molar-refractivity contribution in [2.45, 2.75) is 44.6 Å².